The lowest BCUT2D eigenvalue weighted by molar-refractivity contribution is -0.347. The summed E-state index contributed by atoms with van der Waals surface area (Å²) in [6, 6.07) is 27.8. The number of hydrogen-bond acceptors (Lipinski definition) is 8. The summed E-state index contributed by atoms with van der Waals surface area (Å²) >= 11 is 0. The number of unbranched alkanes of at least 4 members (excludes halogenated alkanes) is 3. The summed E-state index contributed by atoms with van der Waals surface area (Å²) in [5.74, 6) is -2.41. The van der Waals surface area contributed by atoms with E-state index < -0.39 is 53.5 Å². The van der Waals surface area contributed by atoms with Gasteiger partial charge in [0.1, 0.15) is 12.2 Å². The zero-order valence-corrected chi connectivity index (χ0v) is 32.7. The van der Waals surface area contributed by atoms with Gasteiger partial charge in [-0.3, -0.25) is 9.59 Å². The molecule has 54 heavy (non-hydrogen) atoms. The van der Waals surface area contributed by atoms with Crippen LogP contribution in [0.15, 0.2) is 91.1 Å². The maximum Gasteiger partial charge on any atom is 0.312 e. The molecule has 0 saturated carbocycles. The standard InChI is InChI=1S/C45H60N2O7/c1-32(34-20-12-9-13-21-34)44(4,5)42(50)52-38-28-40(53-41(49)43(2,3)29-33-18-10-8-11-19-33)45(54-39(38)31-48,51-27-17-7-6-16-26-46)25-24-35-30-47-37-23-15-14-22-36(35)37/h8-15,18-23,30,32,38-40,47-48H,6-7,16-17,24-29,31,46H2,1-5H3/t32?,38-,39+,40+,45+/m0/s1. The van der Waals surface area contributed by atoms with Gasteiger partial charge >= 0.3 is 11.9 Å². The zero-order chi connectivity index (χ0) is 38.8. The number of carbonyl (C=O) groups is 2. The van der Waals surface area contributed by atoms with Gasteiger partial charge in [0.25, 0.3) is 0 Å². The maximum absolute atomic E-state index is 14.3. The molecule has 1 aliphatic heterocycles. The Kier molecular flexibility index (Phi) is 14.1. The summed E-state index contributed by atoms with van der Waals surface area (Å²) < 4.78 is 26.4. The van der Waals surface area contributed by atoms with Gasteiger partial charge in [-0.1, -0.05) is 98.6 Å². The minimum atomic E-state index is -1.42. The number of rotatable bonds is 19. The number of fused-ring (bicyclic) bond motifs is 1. The van der Waals surface area contributed by atoms with Gasteiger partial charge in [0.05, 0.1) is 24.0 Å². The summed E-state index contributed by atoms with van der Waals surface area (Å²) in [7, 11) is 0. The van der Waals surface area contributed by atoms with Crippen LogP contribution < -0.4 is 5.73 Å². The van der Waals surface area contributed by atoms with Crippen molar-refractivity contribution in [2.24, 2.45) is 16.6 Å². The summed E-state index contributed by atoms with van der Waals surface area (Å²) in [5.41, 5.74) is 8.06. The van der Waals surface area contributed by atoms with Gasteiger partial charge in [-0.25, -0.2) is 0 Å². The Bertz CT molecular complexity index is 1770. The predicted molar refractivity (Wildman–Crippen MR) is 212 cm³/mol. The molecular weight excluding hydrogens is 681 g/mol. The second-order valence-corrected chi connectivity index (χ2v) is 16.0. The van der Waals surface area contributed by atoms with Gasteiger partial charge in [-0.15, -0.1) is 0 Å². The van der Waals surface area contributed by atoms with E-state index in [1.165, 1.54) is 0 Å². The molecule has 9 nitrogen and oxygen atoms in total. The van der Waals surface area contributed by atoms with E-state index in [0.717, 1.165) is 53.3 Å². The molecule has 2 heterocycles. The van der Waals surface area contributed by atoms with E-state index in [9.17, 15) is 14.7 Å². The molecule has 1 fully saturated rings. The van der Waals surface area contributed by atoms with Crippen molar-refractivity contribution in [2.45, 2.75) is 116 Å². The largest absolute Gasteiger partial charge is 0.459 e. The smallest absolute Gasteiger partial charge is 0.312 e. The van der Waals surface area contributed by atoms with Gasteiger partial charge in [-0.05, 0) is 88.6 Å². The lowest BCUT2D eigenvalue weighted by Gasteiger charge is -2.49. The number of carbonyl (C=O) groups excluding carboxylic acids is 2. The number of aromatic nitrogens is 1. The van der Waals surface area contributed by atoms with Crippen LogP contribution in [0, 0.1) is 10.8 Å². The molecular formula is C45H60N2O7. The molecule has 0 spiro atoms. The third-order valence-corrected chi connectivity index (χ3v) is 11.2. The molecule has 0 bridgehead atoms. The van der Waals surface area contributed by atoms with Crippen molar-refractivity contribution in [2.75, 3.05) is 19.8 Å². The fourth-order valence-electron chi connectivity index (χ4n) is 7.37. The first-order valence-electron chi connectivity index (χ1n) is 19.6. The average molecular weight is 741 g/mol. The average Bonchev–Trinajstić information content (AvgIpc) is 3.59. The van der Waals surface area contributed by atoms with Crippen molar-refractivity contribution in [3.8, 4) is 0 Å². The van der Waals surface area contributed by atoms with Crippen molar-refractivity contribution in [3.63, 3.8) is 0 Å². The summed E-state index contributed by atoms with van der Waals surface area (Å²) in [6.07, 6.45) is 4.27. The third-order valence-electron chi connectivity index (χ3n) is 11.2. The number of nitrogens with one attached hydrogen (secondary N) is 1. The SMILES string of the molecule is CC(c1ccccc1)C(C)(C)C(=O)O[C@H]1C[C@@H](OC(=O)C(C)(C)Cc2ccccc2)[C@](CCc2c[nH]c3ccccc23)(OCCCCCCN)O[C@@H]1CO. The molecule has 1 unspecified atom stereocenters. The van der Waals surface area contributed by atoms with Crippen molar-refractivity contribution >= 4 is 22.8 Å². The van der Waals surface area contributed by atoms with E-state index >= 15 is 0 Å². The molecule has 3 aromatic carbocycles. The number of aryl methyl sites for hydroxylation is 1. The second kappa shape index (κ2) is 18.5. The van der Waals surface area contributed by atoms with E-state index in [4.69, 9.17) is 24.7 Å². The van der Waals surface area contributed by atoms with Gasteiger partial charge < -0.3 is 34.8 Å². The predicted octanol–water partition coefficient (Wildman–Crippen LogP) is 8.04. The molecule has 5 rings (SSSR count). The van der Waals surface area contributed by atoms with Crippen LogP contribution in [0.4, 0.5) is 0 Å². The summed E-state index contributed by atoms with van der Waals surface area (Å²) in [4.78, 5) is 31.7. The highest BCUT2D eigenvalue weighted by atomic mass is 16.7. The van der Waals surface area contributed by atoms with Crippen LogP contribution in [-0.4, -0.2) is 65.9 Å². The fourth-order valence-corrected chi connectivity index (χ4v) is 7.37. The molecule has 4 N–H and O–H groups in total. The zero-order valence-electron chi connectivity index (χ0n) is 32.7. The Morgan fingerprint density at radius 3 is 2.28 bits per heavy atom. The summed E-state index contributed by atoms with van der Waals surface area (Å²) in [5, 5.41) is 11.9. The normalized spacial score (nSPS) is 21.1. The first-order valence-corrected chi connectivity index (χ1v) is 19.6. The lowest BCUT2D eigenvalue weighted by atomic mass is 9.76. The molecule has 0 aliphatic carbocycles. The molecule has 1 saturated heterocycles. The van der Waals surface area contributed by atoms with Crippen LogP contribution in [-0.2, 0) is 41.4 Å². The molecule has 9 heteroatoms. The van der Waals surface area contributed by atoms with Crippen LogP contribution in [0.5, 0.6) is 0 Å². The van der Waals surface area contributed by atoms with Gasteiger partial charge in [-0.2, -0.15) is 0 Å². The first kappa shape index (κ1) is 41.1. The van der Waals surface area contributed by atoms with E-state index in [-0.39, 0.29) is 12.3 Å². The van der Waals surface area contributed by atoms with Gasteiger partial charge in [0.2, 0.25) is 5.79 Å². The first-order chi connectivity index (χ1) is 25.9. The third kappa shape index (κ3) is 9.99. The van der Waals surface area contributed by atoms with E-state index in [2.05, 4.69) is 11.1 Å². The van der Waals surface area contributed by atoms with E-state index in [0.29, 0.717) is 32.4 Å². The molecule has 4 aromatic rings. The number of nitrogens with two attached hydrogens (primary N) is 1. The number of esters is 2. The van der Waals surface area contributed by atoms with Crippen LogP contribution >= 0.6 is 0 Å². The monoisotopic (exact) mass is 740 g/mol. The van der Waals surface area contributed by atoms with Crippen molar-refractivity contribution in [1.82, 2.24) is 4.98 Å². The molecule has 292 valence electrons. The van der Waals surface area contributed by atoms with Crippen LogP contribution in [0.25, 0.3) is 10.9 Å². The highest BCUT2D eigenvalue weighted by Gasteiger charge is 2.54. The van der Waals surface area contributed by atoms with Gasteiger partial charge in [0.15, 0.2) is 6.10 Å². The number of H-pyrrole nitrogens is 1. The molecule has 0 amide bonds. The Balaban J connectivity index is 1.46. The minimum absolute atomic E-state index is 0.0982. The van der Waals surface area contributed by atoms with Crippen molar-refractivity contribution in [3.05, 3.63) is 108 Å². The van der Waals surface area contributed by atoms with E-state index in [1.54, 1.807) is 0 Å². The number of benzene rings is 3. The van der Waals surface area contributed by atoms with Crippen LogP contribution in [0.1, 0.15) is 95.8 Å². The number of ether oxygens (including phenoxy) is 4. The second-order valence-electron chi connectivity index (χ2n) is 16.0. The van der Waals surface area contributed by atoms with Crippen molar-refractivity contribution in [1.29, 1.82) is 0 Å². The summed E-state index contributed by atoms with van der Waals surface area (Å²) in [6.45, 7) is 10.1. The molecule has 1 aliphatic rings. The number of para-hydroxylation sites is 1. The lowest BCUT2D eigenvalue weighted by Crippen LogP contribution is -2.62. The topological polar surface area (TPSA) is 133 Å². The van der Waals surface area contributed by atoms with Crippen LogP contribution in [0.3, 0.4) is 0 Å². The molecule has 5 atom stereocenters. The highest BCUT2D eigenvalue weighted by Crippen LogP contribution is 2.42. The highest BCUT2D eigenvalue weighted by molar-refractivity contribution is 5.83. The fraction of sp³-hybridized carbons (Fsp3) is 0.511. The van der Waals surface area contributed by atoms with Crippen LogP contribution in [0.2, 0.25) is 0 Å². The minimum Gasteiger partial charge on any atom is -0.459 e. The Labute approximate surface area is 320 Å². The van der Waals surface area contributed by atoms with Gasteiger partial charge in [0, 0.05) is 29.9 Å². The molecule has 1 aromatic heterocycles. The van der Waals surface area contributed by atoms with E-state index in [1.807, 2.05) is 120 Å². The Morgan fingerprint density at radius 1 is 0.907 bits per heavy atom. The quantitative estimate of drug-likeness (QED) is 0.0650. The number of aliphatic hydroxyl groups excluding tert-OH is 1. The number of aromatic amines is 1. The maximum atomic E-state index is 14.3. The van der Waals surface area contributed by atoms with Crippen molar-refractivity contribution < 1.29 is 33.6 Å². The Morgan fingerprint density at radius 2 is 1.57 bits per heavy atom. The molecule has 0 radical (unpaired) electrons. The number of hydrogen-bond donors (Lipinski definition) is 3. The Hall–Kier alpha value is -4.02. The number of aliphatic hydroxyl groups is 1.